The summed E-state index contributed by atoms with van der Waals surface area (Å²) in [5, 5.41) is 5.95. The van der Waals surface area contributed by atoms with E-state index in [0.29, 0.717) is 23.7 Å². The lowest BCUT2D eigenvalue weighted by Gasteiger charge is -2.11. The highest BCUT2D eigenvalue weighted by atomic mass is 35.5. The van der Waals surface area contributed by atoms with Gasteiger partial charge in [-0.25, -0.2) is 8.42 Å². The Bertz CT molecular complexity index is 867. The Kier molecular flexibility index (Phi) is 6.88. The van der Waals surface area contributed by atoms with Crippen molar-refractivity contribution in [2.75, 3.05) is 31.8 Å². The van der Waals surface area contributed by atoms with Gasteiger partial charge in [-0.05, 0) is 42.3 Å². The Morgan fingerprint density at radius 3 is 2.46 bits per heavy atom. The Balaban J connectivity index is 1.85. The molecule has 0 bridgehead atoms. The van der Waals surface area contributed by atoms with Crippen LogP contribution in [0.3, 0.4) is 0 Å². The van der Waals surface area contributed by atoms with Crippen molar-refractivity contribution in [2.45, 2.75) is 11.3 Å². The normalized spacial score (nSPS) is 11.0. The summed E-state index contributed by atoms with van der Waals surface area (Å²) in [5.74, 6) is 0.555. The van der Waals surface area contributed by atoms with E-state index in [1.165, 1.54) is 6.07 Å². The molecular formula is C18H21ClN2O4S. The Morgan fingerprint density at radius 1 is 1.15 bits per heavy atom. The molecule has 0 atom stereocenters. The molecule has 0 aliphatic heterocycles. The summed E-state index contributed by atoms with van der Waals surface area (Å²) in [7, 11) is -1.84. The topological polar surface area (TPSA) is 84.5 Å². The van der Waals surface area contributed by atoms with Crippen LogP contribution in [-0.4, -0.2) is 40.8 Å². The maximum absolute atomic E-state index is 12.0. The van der Waals surface area contributed by atoms with E-state index in [2.05, 4.69) is 10.6 Å². The van der Waals surface area contributed by atoms with E-state index in [1.54, 1.807) is 19.2 Å². The van der Waals surface area contributed by atoms with Gasteiger partial charge in [-0.2, -0.15) is 0 Å². The molecule has 2 aromatic rings. The largest absolute Gasteiger partial charge is 0.497 e. The van der Waals surface area contributed by atoms with Crippen LogP contribution in [0.25, 0.3) is 0 Å². The van der Waals surface area contributed by atoms with Crippen LogP contribution in [0, 0.1) is 0 Å². The maximum atomic E-state index is 12.0. The Hall–Kier alpha value is -2.25. The number of sulfone groups is 1. The van der Waals surface area contributed by atoms with Crippen molar-refractivity contribution < 1.29 is 17.9 Å². The van der Waals surface area contributed by atoms with Crippen molar-refractivity contribution in [2.24, 2.45) is 0 Å². The molecule has 26 heavy (non-hydrogen) atoms. The first kappa shape index (κ1) is 20.1. The van der Waals surface area contributed by atoms with E-state index >= 15 is 0 Å². The monoisotopic (exact) mass is 396 g/mol. The molecule has 0 unspecified atom stereocenters. The van der Waals surface area contributed by atoms with E-state index in [-0.39, 0.29) is 17.3 Å². The van der Waals surface area contributed by atoms with E-state index in [1.807, 2.05) is 24.3 Å². The molecule has 0 aliphatic rings. The first-order chi connectivity index (χ1) is 12.3. The van der Waals surface area contributed by atoms with E-state index in [9.17, 15) is 13.2 Å². The van der Waals surface area contributed by atoms with Crippen molar-refractivity contribution in [3.05, 3.63) is 53.1 Å². The van der Waals surface area contributed by atoms with Crippen LogP contribution in [0.4, 0.5) is 5.69 Å². The smallest absolute Gasteiger partial charge is 0.239 e. The maximum Gasteiger partial charge on any atom is 0.239 e. The van der Waals surface area contributed by atoms with Crippen molar-refractivity contribution in [1.29, 1.82) is 0 Å². The minimum absolute atomic E-state index is 0.0350. The zero-order valence-electron chi connectivity index (χ0n) is 14.6. The molecule has 140 valence electrons. The lowest BCUT2D eigenvalue weighted by molar-refractivity contribution is -0.119. The zero-order valence-corrected chi connectivity index (χ0v) is 16.2. The molecule has 0 aliphatic carbocycles. The van der Waals surface area contributed by atoms with Crippen LogP contribution in [0.5, 0.6) is 5.75 Å². The standard InChI is InChI=1S/C18H21ClN2O4S/c1-25-15-6-3-13(4-7-15)9-10-20-18(22)12-21-16-8-5-14(19)11-17(16)26(2,23)24/h3-8,11,21H,9-10,12H2,1-2H3,(H,20,22). The van der Waals surface area contributed by atoms with Crippen LogP contribution >= 0.6 is 11.6 Å². The Morgan fingerprint density at radius 2 is 1.85 bits per heavy atom. The summed E-state index contributed by atoms with van der Waals surface area (Å²) in [4.78, 5) is 12.0. The van der Waals surface area contributed by atoms with Crippen molar-refractivity contribution >= 4 is 33.0 Å². The number of carbonyl (C=O) groups is 1. The van der Waals surface area contributed by atoms with Crippen LogP contribution in [-0.2, 0) is 21.1 Å². The number of carbonyl (C=O) groups excluding carboxylic acids is 1. The molecule has 0 radical (unpaired) electrons. The third-order valence-corrected chi connectivity index (χ3v) is 5.05. The summed E-state index contributed by atoms with van der Waals surface area (Å²) in [5.41, 5.74) is 1.43. The number of hydrogen-bond donors (Lipinski definition) is 2. The van der Waals surface area contributed by atoms with Gasteiger partial charge in [0.05, 0.1) is 24.2 Å². The quantitative estimate of drug-likeness (QED) is 0.716. The second kappa shape index (κ2) is 8.91. The second-order valence-electron chi connectivity index (χ2n) is 5.71. The van der Waals surface area contributed by atoms with Gasteiger partial charge in [0, 0.05) is 17.8 Å². The van der Waals surface area contributed by atoms with Crippen LogP contribution in [0.1, 0.15) is 5.56 Å². The molecular weight excluding hydrogens is 376 g/mol. The zero-order chi connectivity index (χ0) is 19.2. The molecule has 8 heteroatoms. The summed E-state index contributed by atoms with van der Waals surface area (Å²) in [6.45, 7) is 0.444. The number of rotatable bonds is 8. The summed E-state index contributed by atoms with van der Waals surface area (Å²) in [6.07, 6.45) is 1.78. The number of anilines is 1. The van der Waals surface area contributed by atoms with Gasteiger partial charge in [0.15, 0.2) is 9.84 Å². The van der Waals surface area contributed by atoms with Gasteiger partial charge < -0.3 is 15.4 Å². The predicted octanol–water partition coefficient (Wildman–Crippen LogP) is 2.52. The lowest BCUT2D eigenvalue weighted by Crippen LogP contribution is -2.31. The first-order valence-electron chi connectivity index (χ1n) is 7.92. The Labute approximate surface area is 158 Å². The number of methoxy groups -OCH3 is 1. The average Bonchev–Trinajstić information content (AvgIpc) is 2.60. The highest BCUT2D eigenvalue weighted by molar-refractivity contribution is 7.90. The van der Waals surface area contributed by atoms with E-state index in [0.717, 1.165) is 17.6 Å². The molecule has 0 spiro atoms. The molecule has 0 saturated heterocycles. The summed E-state index contributed by atoms with van der Waals surface area (Å²) < 4.78 is 28.7. The van der Waals surface area contributed by atoms with Crippen molar-refractivity contribution in [3.63, 3.8) is 0 Å². The predicted molar refractivity (Wildman–Crippen MR) is 103 cm³/mol. The molecule has 1 amide bonds. The van der Waals surface area contributed by atoms with E-state index in [4.69, 9.17) is 16.3 Å². The van der Waals surface area contributed by atoms with Gasteiger partial charge in [0.1, 0.15) is 5.75 Å². The number of nitrogens with one attached hydrogen (secondary N) is 2. The number of ether oxygens (including phenoxy) is 1. The van der Waals surface area contributed by atoms with Gasteiger partial charge >= 0.3 is 0 Å². The minimum Gasteiger partial charge on any atom is -0.497 e. The SMILES string of the molecule is COc1ccc(CCNC(=O)CNc2ccc(Cl)cc2S(C)(=O)=O)cc1. The third-order valence-electron chi connectivity index (χ3n) is 3.68. The molecule has 2 aromatic carbocycles. The second-order valence-corrected chi connectivity index (χ2v) is 8.13. The van der Waals surface area contributed by atoms with Gasteiger partial charge in [-0.1, -0.05) is 23.7 Å². The van der Waals surface area contributed by atoms with Crippen molar-refractivity contribution in [3.8, 4) is 5.75 Å². The fourth-order valence-corrected chi connectivity index (χ4v) is 3.44. The molecule has 6 nitrogen and oxygen atoms in total. The number of halogens is 1. The molecule has 2 rings (SSSR count). The highest BCUT2D eigenvalue weighted by Gasteiger charge is 2.14. The lowest BCUT2D eigenvalue weighted by atomic mass is 10.1. The van der Waals surface area contributed by atoms with E-state index < -0.39 is 9.84 Å². The molecule has 0 aromatic heterocycles. The number of hydrogen-bond acceptors (Lipinski definition) is 5. The molecule has 0 heterocycles. The molecule has 2 N–H and O–H groups in total. The summed E-state index contributed by atoms with van der Waals surface area (Å²) in [6, 6.07) is 12.1. The van der Waals surface area contributed by atoms with Gasteiger partial charge in [-0.15, -0.1) is 0 Å². The molecule has 0 fully saturated rings. The fraction of sp³-hybridized carbons (Fsp3) is 0.278. The van der Waals surface area contributed by atoms with Gasteiger partial charge in [-0.3, -0.25) is 4.79 Å². The number of amides is 1. The van der Waals surface area contributed by atoms with Gasteiger partial charge in [0.25, 0.3) is 0 Å². The van der Waals surface area contributed by atoms with Crippen LogP contribution < -0.4 is 15.4 Å². The van der Waals surface area contributed by atoms with Gasteiger partial charge in [0.2, 0.25) is 5.91 Å². The third kappa shape index (κ3) is 5.93. The highest BCUT2D eigenvalue weighted by Crippen LogP contribution is 2.24. The van der Waals surface area contributed by atoms with Crippen LogP contribution in [0.2, 0.25) is 5.02 Å². The summed E-state index contributed by atoms with van der Waals surface area (Å²) >= 11 is 5.85. The average molecular weight is 397 g/mol. The van der Waals surface area contributed by atoms with Crippen LogP contribution in [0.15, 0.2) is 47.4 Å². The number of benzene rings is 2. The molecule has 0 saturated carbocycles. The minimum atomic E-state index is -3.45. The van der Waals surface area contributed by atoms with Crippen molar-refractivity contribution in [1.82, 2.24) is 5.32 Å². The fourth-order valence-electron chi connectivity index (χ4n) is 2.33. The first-order valence-corrected chi connectivity index (χ1v) is 10.2.